The van der Waals surface area contributed by atoms with Crippen molar-refractivity contribution in [1.82, 2.24) is 10.0 Å². The Bertz CT molecular complexity index is 347. The summed E-state index contributed by atoms with van der Waals surface area (Å²) in [5.74, 6) is 0. The molecule has 0 saturated carbocycles. The smallest absolute Gasteiger partial charge is 0.209 e. The van der Waals surface area contributed by atoms with E-state index in [1.807, 2.05) is 13.8 Å². The summed E-state index contributed by atoms with van der Waals surface area (Å²) in [5, 5.41) is 3.37. The van der Waals surface area contributed by atoms with Gasteiger partial charge in [0.1, 0.15) is 0 Å². The van der Waals surface area contributed by atoms with Crippen LogP contribution < -0.4 is 10.0 Å². The fraction of sp³-hybridized carbons (Fsp3) is 0.818. The van der Waals surface area contributed by atoms with Crippen LogP contribution in [0, 0.1) is 0 Å². The molecule has 0 bridgehead atoms. The van der Waals surface area contributed by atoms with Crippen molar-refractivity contribution in [3.05, 3.63) is 12.2 Å². The Labute approximate surface area is 98.6 Å². The van der Waals surface area contributed by atoms with Crippen LogP contribution in [-0.2, 0) is 10.0 Å². The second kappa shape index (κ2) is 5.29. The van der Waals surface area contributed by atoms with Crippen LogP contribution in [0.2, 0.25) is 0 Å². The van der Waals surface area contributed by atoms with E-state index >= 15 is 0 Å². The molecule has 0 heterocycles. The van der Waals surface area contributed by atoms with Gasteiger partial charge in [-0.3, -0.25) is 0 Å². The maximum Gasteiger partial charge on any atom is 0.209 e. The average molecular weight is 246 g/mol. The zero-order valence-corrected chi connectivity index (χ0v) is 11.1. The van der Waals surface area contributed by atoms with E-state index in [9.17, 15) is 8.42 Å². The Kier molecular flexibility index (Phi) is 4.52. The highest BCUT2D eigenvalue weighted by Gasteiger charge is 2.22. The van der Waals surface area contributed by atoms with Gasteiger partial charge in [0.2, 0.25) is 10.0 Å². The molecule has 5 heteroatoms. The minimum atomic E-state index is -3.14. The van der Waals surface area contributed by atoms with Crippen LogP contribution in [0.5, 0.6) is 0 Å². The first-order valence-electron chi connectivity index (χ1n) is 5.67. The molecule has 0 fully saturated rings. The first kappa shape index (κ1) is 13.7. The molecule has 0 aromatic rings. The molecule has 0 aromatic carbocycles. The van der Waals surface area contributed by atoms with E-state index in [0.29, 0.717) is 12.6 Å². The number of hydrogen-bond acceptors (Lipinski definition) is 3. The van der Waals surface area contributed by atoms with E-state index in [2.05, 4.69) is 22.2 Å². The summed E-state index contributed by atoms with van der Waals surface area (Å²) in [4.78, 5) is 0. The van der Waals surface area contributed by atoms with Gasteiger partial charge in [-0.05, 0) is 33.1 Å². The molecule has 0 radical (unpaired) electrons. The molecule has 1 aliphatic rings. The van der Waals surface area contributed by atoms with Gasteiger partial charge in [-0.25, -0.2) is 13.1 Å². The molecule has 2 N–H and O–H groups in total. The molecular formula is C11H22N2O2S. The third kappa shape index (κ3) is 5.63. The third-order valence-corrected chi connectivity index (χ3v) is 3.45. The predicted octanol–water partition coefficient (Wildman–Crippen LogP) is 1.01. The van der Waals surface area contributed by atoms with E-state index < -0.39 is 15.6 Å². The third-order valence-electron chi connectivity index (χ3n) is 2.52. The molecule has 1 aliphatic carbocycles. The minimum Gasteiger partial charge on any atom is -0.309 e. The van der Waals surface area contributed by atoms with E-state index in [1.54, 1.807) is 0 Å². The second-order valence-electron chi connectivity index (χ2n) is 5.10. The van der Waals surface area contributed by atoms with E-state index in [4.69, 9.17) is 0 Å². The van der Waals surface area contributed by atoms with Crippen LogP contribution in [0.25, 0.3) is 0 Å². The van der Waals surface area contributed by atoms with Crippen molar-refractivity contribution in [2.45, 2.75) is 44.7 Å². The first-order chi connectivity index (χ1) is 7.29. The maximum atomic E-state index is 11.1. The van der Waals surface area contributed by atoms with Crippen LogP contribution >= 0.6 is 0 Å². The number of sulfonamides is 1. The van der Waals surface area contributed by atoms with Crippen LogP contribution in [-0.4, -0.2) is 32.8 Å². The molecule has 0 spiro atoms. The number of hydrogen-bond donors (Lipinski definition) is 2. The molecule has 0 aliphatic heterocycles. The van der Waals surface area contributed by atoms with Gasteiger partial charge < -0.3 is 5.32 Å². The van der Waals surface area contributed by atoms with Gasteiger partial charge in [-0.1, -0.05) is 12.2 Å². The SMILES string of the molecule is CC(C)(CNC1C=CCCC1)NS(C)(=O)=O. The van der Waals surface area contributed by atoms with Gasteiger partial charge in [0.15, 0.2) is 0 Å². The van der Waals surface area contributed by atoms with Crippen molar-refractivity contribution in [3.8, 4) is 0 Å². The molecule has 16 heavy (non-hydrogen) atoms. The van der Waals surface area contributed by atoms with Crippen molar-refractivity contribution in [1.29, 1.82) is 0 Å². The van der Waals surface area contributed by atoms with E-state index in [-0.39, 0.29) is 0 Å². The molecule has 0 aromatic heterocycles. The summed E-state index contributed by atoms with van der Waals surface area (Å²) in [5.41, 5.74) is -0.446. The van der Waals surface area contributed by atoms with Crippen LogP contribution in [0.15, 0.2) is 12.2 Å². The lowest BCUT2D eigenvalue weighted by atomic mass is 10.0. The molecule has 1 rings (SSSR count). The highest BCUT2D eigenvalue weighted by molar-refractivity contribution is 7.88. The number of rotatable bonds is 5. The first-order valence-corrected chi connectivity index (χ1v) is 7.57. The normalized spacial score (nSPS) is 22.3. The van der Waals surface area contributed by atoms with Crippen LogP contribution in [0.3, 0.4) is 0 Å². The molecule has 1 unspecified atom stereocenters. The lowest BCUT2D eigenvalue weighted by Gasteiger charge is -2.28. The summed E-state index contributed by atoms with van der Waals surface area (Å²) in [7, 11) is -3.14. The number of allylic oxidation sites excluding steroid dienone is 1. The molecule has 94 valence electrons. The van der Waals surface area contributed by atoms with Gasteiger partial charge in [-0.2, -0.15) is 0 Å². The highest BCUT2D eigenvalue weighted by Crippen LogP contribution is 2.11. The van der Waals surface area contributed by atoms with Gasteiger partial charge >= 0.3 is 0 Å². The van der Waals surface area contributed by atoms with Crippen molar-refractivity contribution in [2.75, 3.05) is 12.8 Å². The lowest BCUT2D eigenvalue weighted by molar-refractivity contribution is 0.394. The standard InChI is InChI=1S/C11H22N2O2S/c1-11(2,13-16(3,14)15)9-12-10-7-5-4-6-8-10/h5,7,10,12-13H,4,6,8-9H2,1-3H3. The Morgan fingerprint density at radius 1 is 1.44 bits per heavy atom. The Hall–Kier alpha value is -0.390. The van der Waals surface area contributed by atoms with Crippen molar-refractivity contribution in [2.24, 2.45) is 0 Å². The topological polar surface area (TPSA) is 58.2 Å². The van der Waals surface area contributed by atoms with Crippen LogP contribution in [0.1, 0.15) is 33.1 Å². The zero-order valence-electron chi connectivity index (χ0n) is 10.3. The predicted molar refractivity (Wildman–Crippen MR) is 66.8 cm³/mol. The van der Waals surface area contributed by atoms with Crippen molar-refractivity contribution in [3.63, 3.8) is 0 Å². The molecule has 0 amide bonds. The van der Waals surface area contributed by atoms with E-state index in [1.165, 1.54) is 12.7 Å². The Morgan fingerprint density at radius 2 is 2.12 bits per heavy atom. The quantitative estimate of drug-likeness (QED) is 0.712. The highest BCUT2D eigenvalue weighted by atomic mass is 32.2. The van der Waals surface area contributed by atoms with Gasteiger partial charge in [0.05, 0.1) is 6.26 Å². The maximum absolute atomic E-state index is 11.1. The summed E-state index contributed by atoms with van der Waals surface area (Å²) in [6.07, 6.45) is 9.02. The number of nitrogens with one attached hydrogen (secondary N) is 2. The molecule has 4 nitrogen and oxygen atoms in total. The zero-order chi connectivity index (χ0) is 12.2. The molecule has 1 atom stereocenters. The summed E-state index contributed by atoms with van der Waals surface area (Å²) in [6, 6.07) is 0.384. The van der Waals surface area contributed by atoms with Gasteiger partial charge in [0.25, 0.3) is 0 Å². The Balaban J connectivity index is 2.40. The monoisotopic (exact) mass is 246 g/mol. The largest absolute Gasteiger partial charge is 0.309 e. The van der Waals surface area contributed by atoms with Crippen molar-refractivity contribution >= 4 is 10.0 Å². The summed E-state index contributed by atoms with van der Waals surface area (Å²) >= 11 is 0. The summed E-state index contributed by atoms with van der Waals surface area (Å²) < 4.78 is 24.9. The van der Waals surface area contributed by atoms with Gasteiger partial charge in [0, 0.05) is 18.1 Å². The van der Waals surface area contributed by atoms with E-state index in [0.717, 1.165) is 12.8 Å². The molecule has 0 saturated heterocycles. The summed E-state index contributed by atoms with van der Waals surface area (Å²) in [6.45, 7) is 4.40. The van der Waals surface area contributed by atoms with Crippen molar-refractivity contribution < 1.29 is 8.42 Å². The average Bonchev–Trinajstić information content (AvgIpc) is 2.13. The fourth-order valence-corrected chi connectivity index (χ4v) is 2.98. The molecular weight excluding hydrogens is 224 g/mol. The van der Waals surface area contributed by atoms with Gasteiger partial charge in [-0.15, -0.1) is 0 Å². The van der Waals surface area contributed by atoms with Crippen LogP contribution in [0.4, 0.5) is 0 Å². The lowest BCUT2D eigenvalue weighted by Crippen LogP contribution is -2.51. The fourth-order valence-electron chi connectivity index (χ4n) is 1.91. The Morgan fingerprint density at radius 3 is 2.62 bits per heavy atom. The minimum absolute atomic E-state index is 0.384. The second-order valence-corrected chi connectivity index (χ2v) is 6.85.